The molecule has 9 rings (SSSR count). The molecule has 9 aromatic rings. The fourth-order valence-corrected chi connectivity index (χ4v) is 6.43. The van der Waals surface area contributed by atoms with Crippen molar-refractivity contribution in [3.63, 3.8) is 0 Å². The molecule has 0 bridgehead atoms. The lowest BCUT2D eigenvalue weighted by molar-refractivity contribution is 1.05. The van der Waals surface area contributed by atoms with Crippen LogP contribution in [0.5, 0.6) is 0 Å². The number of aliphatic imine (C=N–C) groups is 2. The number of imidazole rings is 3. The zero-order valence-electron chi connectivity index (χ0n) is 27.9. The molecule has 5 aromatic heterocycles. The lowest BCUT2D eigenvalue weighted by Crippen LogP contribution is -2.02. The summed E-state index contributed by atoms with van der Waals surface area (Å²) >= 11 is 0. The Hall–Kier alpha value is -7.47. The van der Waals surface area contributed by atoms with Crippen molar-refractivity contribution in [3.8, 4) is 51.2 Å². The number of para-hydroxylation sites is 3. The zero-order chi connectivity index (χ0) is 35.0. The molecule has 0 unspecified atom stereocenters. The summed E-state index contributed by atoms with van der Waals surface area (Å²) in [7, 11) is 0. The number of hydrogen-bond donors (Lipinski definition) is 0. The van der Waals surface area contributed by atoms with Crippen molar-refractivity contribution in [3.05, 3.63) is 134 Å². The van der Waals surface area contributed by atoms with Gasteiger partial charge in [0.2, 0.25) is 0 Å². The molecule has 0 amide bonds. The molecule has 0 saturated heterocycles. The third kappa shape index (κ3) is 5.13. The fraction of sp³-hybridized carbons (Fsp3) is 0.0250. The molecule has 52 heavy (non-hydrogen) atoms. The van der Waals surface area contributed by atoms with Crippen LogP contribution in [-0.2, 0) is 0 Å². The molecule has 0 radical (unpaired) electrons. The first-order valence-corrected chi connectivity index (χ1v) is 16.5. The maximum Gasteiger partial charge on any atom is 0.198 e. The van der Waals surface area contributed by atoms with Gasteiger partial charge in [0.25, 0.3) is 0 Å². The Bertz CT molecular complexity index is 2630. The Morgan fingerprint density at radius 2 is 0.923 bits per heavy atom. The van der Waals surface area contributed by atoms with Crippen LogP contribution in [0.25, 0.3) is 73.8 Å². The maximum atomic E-state index is 5.06. The molecule has 248 valence electrons. The van der Waals surface area contributed by atoms with Crippen LogP contribution in [0.2, 0.25) is 0 Å². The van der Waals surface area contributed by atoms with Crippen LogP contribution in [0.15, 0.2) is 144 Å². The molecule has 12 heteroatoms. The first kappa shape index (κ1) is 30.6. The molecule has 0 spiro atoms. The number of benzene rings is 4. The molecule has 0 aliphatic heterocycles. The minimum Gasteiger partial charge on any atom is -0.275 e. The van der Waals surface area contributed by atoms with Gasteiger partial charge in [-0.3, -0.25) is 13.7 Å². The summed E-state index contributed by atoms with van der Waals surface area (Å²) in [4.78, 5) is 42.7. The minimum absolute atomic E-state index is 0.402. The topological polar surface area (TPSA) is 130 Å². The van der Waals surface area contributed by atoms with Crippen molar-refractivity contribution in [2.75, 3.05) is 0 Å². The first-order valence-electron chi connectivity index (χ1n) is 16.5. The van der Waals surface area contributed by atoms with E-state index in [2.05, 4.69) is 39.9 Å². The molecule has 5 heterocycles. The van der Waals surface area contributed by atoms with Crippen molar-refractivity contribution in [2.24, 2.45) is 9.98 Å². The van der Waals surface area contributed by atoms with Crippen LogP contribution in [0.4, 0.5) is 11.6 Å². The third-order valence-corrected chi connectivity index (χ3v) is 8.58. The second-order valence-corrected chi connectivity index (χ2v) is 11.7. The van der Waals surface area contributed by atoms with E-state index < -0.39 is 0 Å². The minimum atomic E-state index is 0.402. The Morgan fingerprint density at radius 1 is 0.519 bits per heavy atom. The molecule has 0 fully saturated rings. The molecule has 0 saturated carbocycles. The monoisotopic (exact) mass is 676 g/mol. The summed E-state index contributed by atoms with van der Waals surface area (Å²) in [6.45, 7) is 5.69. The SMILES string of the molecule is C=Nc1nc(-c2cc(-c3nc4nccnc4n3-c3ccccc3)cc(-c3nc4nccnc4n3-c3ccccc3)c2)n(-c2ccccc2)c1/N=C\C. The van der Waals surface area contributed by atoms with Crippen molar-refractivity contribution in [2.45, 2.75) is 6.92 Å². The first-order chi connectivity index (χ1) is 25.7. The van der Waals surface area contributed by atoms with Crippen LogP contribution in [-0.4, -0.2) is 61.5 Å². The Morgan fingerprint density at radius 3 is 1.35 bits per heavy atom. The van der Waals surface area contributed by atoms with E-state index in [1.165, 1.54) is 0 Å². The van der Waals surface area contributed by atoms with E-state index >= 15 is 0 Å². The number of rotatable bonds is 8. The van der Waals surface area contributed by atoms with Crippen LogP contribution in [0, 0.1) is 0 Å². The van der Waals surface area contributed by atoms with Gasteiger partial charge in [-0.05, 0) is 68.2 Å². The highest BCUT2D eigenvalue weighted by Gasteiger charge is 2.25. The Balaban J connectivity index is 1.39. The summed E-state index contributed by atoms with van der Waals surface area (Å²) in [6, 6.07) is 36.1. The highest BCUT2D eigenvalue weighted by molar-refractivity contribution is 5.85. The third-order valence-electron chi connectivity index (χ3n) is 8.58. The van der Waals surface area contributed by atoms with E-state index in [0.717, 1.165) is 33.8 Å². The molecule has 0 aliphatic carbocycles. The Labute approximate surface area is 297 Å². The van der Waals surface area contributed by atoms with Gasteiger partial charge in [0.05, 0.1) is 0 Å². The van der Waals surface area contributed by atoms with Crippen LogP contribution in [0.3, 0.4) is 0 Å². The van der Waals surface area contributed by atoms with Gasteiger partial charge in [-0.1, -0.05) is 54.6 Å². The van der Waals surface area contributed by atoms with Crippen molar-refractivity contribution in [1.29, 1.82) is 0 Å². The summed E-state index contributed by atoms with van der Waals surface area (Å²) in [6.07, 6.45) is 8.37. The highest BCUT2D eigenvalue weighted by atomic mass is 15.2. The molecule has 4 aromatic carbocycles. The highest BCUT2D eigenvalue weighted by Crippen LogP contribution is 2.40. The number of aromatic nitrogens is 10. The molecular formula is C40H28N12. The number of fused-ring (bicyclic) bond motifs is 2. The lowest BCUT2D eigenvalue weighted by Gasteiger charge is -2.15. The van der Waals surface area contributed by atoms with E-state index in [-0.39, 0.29) is 0 Å². The molecule has 0 atom stereocenters. The van der Waals surface area contributed by atoms with Gasteiger partial charge < -0.3 is 0 Å². The van der Waals surface area contributed by atoms with Crippen molar-refractivity contribution >= 4 is 47.2 Å². The van der Waals surface area contributed by atoms with Gasteiger partial charge in [0.1, 0.15) is 17.5 Å². The van der Waals surface area contributed by atoms with Gasteiger partial charge in [0.15, 0.2) is 34.2 Å². The quantitative estimate of drug-likeness (QED) is 0.148. The van der Waals surface area contributed by atoms with Crippen LogP contribution < -0.4 is 0 Å². The fourth-order valence-electron chi connectivity index (χ4n) is 6.43. The summed E-state index contributed by atoms with van der Waals surface area (Å²) in [5.74, 6) is 2.84. The smallest absolute Gasteiger partial charge is 0.198 e. The Kier molecular flexibility index (Phi) is 7.51. The normalized spacial score (nSPS) is 11.6. The summed E-state index contributed by atoms with van der Waals surface area (Å²) in [5, 5.41) is 0. The average Bonchev–Trinajstić information content (AvgIpc) is 3.91. The molecule has 0 aliphatic rings. The maximum absolute atomic E-state index is 5.06. The molecule has 12 nitrogen and oxygen atoms in total. The zero-order valence-corrected chi connectivity index (χ0v) is 27.9. The van der Waals surface area contributed by atoms with Crippen LogP contribution in [0.1, 0.15) is 6.92 Å². The van der Waals surface area contributed by atoms with Gasteiger partial charge in [-0.2, -0.15) is 0 Å². The van der Waals surface area contributed by atoms with Gasteiger partial charge >= 0.3 is 0 Å². The predicted octanol–water partition coefficient (Wildman–Crippen LogP) is 8.19. The standard InChI is InChI=1S/C40H28N12/c1-3-42-38-32(41-2)47-35(50(38)29-13-7-4-8-14-29)26-23-27(36-48-33-39(45-21-19-43-33)51(36)30-15-9-5-10-16-30)25-28(24-26)37-49-34-40(46-22-20-44-34)52(37)31-17-11-6-12-18-31/h3-25H,2H2,1H3/b42-3-. The lowest BCUT2D eigenvalue weighted by atomic mass is 10.0. The van der Waals surface area contributed by atoms with E-state index in [1.54, 1.807) is 31.0 Å². The number of hydrogen-bond acceptors (Lipinski definition) is 9. The average molecular weight is 677 g/mol. The van der Waals surface area contributed by atoms with Gasteiger partial charge in [-0.15, -0.1) is 0 Å². The summed E-state index contributed by atoms with van der Waals surface area (Å²) in [5.41, 5.74) is 7.25. The van der Waals surface area contributed by atoms with E-state index in [0.29, 0.717) is 51.7 Å². The van der Waals surface area contributed by atoms with Crippen molar-refractivity contribution < 1.29 is 0 Å². The van der Waals surface area contributed by atoms with Gasteiger partial charge in [0, 0.05) is 64.8 Å². The van der Waals surface area contributed by atoms with E-state index in [9.17, 15) is 0 Å². The number of nitrogens with zero attached hydrogens (tertiary/aromatic N) is 12. The predicted molar refractivity (Wildman–Crippen MR) is 203 cm³/mol. The van der Waals surface area contributed by atoms with E-state index in [1.807, 2.05) is 112 Å². The summed E-state index contributed by atoms with van der Waals surface area (Å²) < 4.78 is 6.02. The second kappa shape index (κ2) is 12.8. The second-order valence-electron chi connectivity index (χ2n) is 11.7. The molecule has 0 N–H and O–H groups in total. The van der Waals surface area contributed by atoms with Gasteiger partial charge in [-0.25, -0.2) is 44.9 Å². The van der Waals surface area contributed by atoms with Crippen LogP contribution >= 0.6 is 0 Å². The van der Waals surface area contributed by atoms with Crippen molar-refractivity contribution in [1.82, 2.24) is 48.6 Å². The van der Waals surface area contributed by atoms with E-state index in [4.69, 9.17) is 29.9 Å². The largest absolute Gasteiger partial charge is 0.275 e. The molecular weight excluding hydrogens is 649 g/mol.